The zero-order chi connectivity index (χ0) is 15.7. The van der Waals surface area contributed by atoms with Crippen LogP contribution in [0.5, 0.6) is 0 Å². The van der Waals surface area contributed by atoms with Gasteiger partial charge < -0.3 is 5.32 Å². The number of thioether (sulfide) groups is 1. The largest absolute Gasteiger partial charge is 0.312 e. The normalized spacial score (nSPS) is 20.4. The maximum Gasteiger partial charge on any atom is 0.0107 e. The fourth-order valence-electron chi connectivity index (χ4n) is 2.94. The van der Waals surface area contributed by atoms with Crippen molar-refractivity contribution < 1.29 is 0 Å². The lowest BCUT2D eigenvalue weighted by molar-refractivity contribution is 0.195. The second kappa shape index (κ2) is 6.34. The highest BCUT2D eigenvalue weighted by Crippen LogP contribution is 2.44. The van der Waals surface area contributed by atoms with E-state index in [0.717, 1.165) is 12.5 Å². The minimum absolute atomic E-state index is 0.200. The third kappa shape index (κ3) is 4.75. The van der Waals surface area contributed by atoms with Crippen LogP contribution in [0.3, 0.4) is 0 Å². The van der Waals surface area contributed by atoms with E-state index in [0.29, 0.717) is 11.3 Å². The Morgan fingerprint density at radius 3 is 2.43 bits per heavy atom. The Bertz CT molecular complexity index is 467. The smallest absolute Gasteiger partial charge is 0.0107 e. The van der Waals surface area contributed by atoms with E-state index in [2.05, 4.69) is 71.1 Å². The third-order valence-electron chi connectivity index (χ3n) is 4.47. The van der Waals surface area contributed by atoms with Crippen LogP contribution in [0.4, 0.5) is 0 Å². The summed E-state index contributed by atoms with van der Waals surface area (Å²) >= 11 is 2.03. The highest BCUT2D eigenvalue weighted by molar-refractivity contribution is 7.99. The Morgan fingerprint density at radius 1 is 1.14 bits per heavy atom. The molecule has 0 aliphatic carbocycles. The number of fused-ring (bicyclic) bond motifs is 1. The molecule has 1 aromatic rings. The van der Waals surface area contributed by atoms with Crippen LogP contribution in [0.1, 0.15) is 59.4 Å². The maximum atomic E-state index is 3.72. The second-order valence-corrected chi connectivity index (χ2v) is 9.54. The van der Waals surface area contributed by atoms with Gasteiger partial charge in [-0.2, -0.15) is 0 Å². The summed E-state index contributed by atoms with van der Waals surface area (Å²) in [6, 6.07) is 8.96. The molecule has 0 aromatic heterocycles. The van der Waals surface area contributed by atoms with E-state index in [4.69, 9.17) is 0 Å². The van der Waals surface area contributed by atoms with Gasteiger partial charge in [0.2, 0.25) is 0 Å². The second-order valence-electron chi connectivity index (χ2n) is 8.48. The molecule has 0 radical (unpaired) electrons. The van der Waals surface area contributed by atoms with Crippen LogP contribution in [0, 0.1) is 11.3 Å². The molecule has 118 valence electrons. The molecule has 1 N–H and O–H groups in total. The molecule has 2 heteroatoms. The van der Waals surface area contributed by atoms with Crippen LogP contribution < -0.4 is 5.32 Å². The maximum absolute atomic E-state index is 3.72. The first-order chi connectivity index (χ1) is 9.67. The van der Waals surface area contributed by atoms with Gasteiger partial charge in [0.05, 0.1) is 0 Å². The highest BCUT2D eigenvalue weighted by atomic mass is 32.2. The van der Waals surface area contributed by atoms with Gasteiger partial charge in [0, 0.05) is 16.2 Å². The molecule has 1 aliphatic heterocycles. The van der Waals surface area contributed by atoms with Crippen molar-refractivity contribution in [3.05, 3.63) is 29.8 Å². The Hall–Kier alpha value is -0.470. The first-order valence-electron chi connectivity index (χ1n) is 8.13. The third-order valence-corrected chi connectivity index (χ3v) is 5.72. The standard InChI is InChI=1S/C19H31NS/c1-18(2,3)15(12-20-19(4,5)6)11-14-13-21-17-10-8-7-9-16(14)17/h7-10,14-15,20H,11-13H2,1-6H3. The summed E-state index contributed by atoms with van der Waals surface area (Å²) in [6.07, 6.45) is 1.29. The summed E-state index contributed by atoms with van der Waals surface area (Å²) in [5.74, 6) is 2.67. The first kappa shape index (κ1) is 16.9. The van der Waals surface area contributed by atoms with E-state index in [1.165, 1.54) is 17.1 Å². The summed E-state index contributed by atoms with van der Waals surface area (Å²) in [6.45, 7) is 15.0. The van der Waals surface area contributed by atoms with E-state index in [9.17, 15) is 0 Å². The molecule has 0 bridgehead atoms. The molecule has 0 fully saturated rings. The van der Waals surface area contributed by atoms with E-state index in [1.54, 1.807) is 5.56 Å². The summed E-state index contributed by atoms with van der Waals surface area (Å²) in [7, 11) is 0. The van der Waals surface area contributed by atoms with Crippen LogP contribution in [0.2, 0.25) is 0 Å². The molecule has 0 amide bonds. The molecule has 1 aliphatic rings. The van der Waals surface area contributed by atoms with Crippen molar-refractivity contribution in [1.29, 1.82) is 0 Å². The van der Waals surface area contributed by atoms with Gasteiger partial charge in [-0.25, -0.2) is 0 Å². The van der Waals surface area contributed by atoms with Crippen LogP contribution in [-0.2, 0) is 0 Å². The summed E-state index contributed by atoms with van der Waals surface area (Å²) in [5, 5.41) is 3.72. The van der Waals surface area contributed by atoms with Crippen molar-refractivity contribution in [2.75, 3.05) is 12.3 Å². The monoisotopic (exact) mass is 305 g/mol. The predicted octanol–water partition coefficient (Wildman–Crippen LogP) is 5.32. The molecule has 0 saturated heterocycles. The Morgan fingerprint density at radius 2 is 1.81 bits per heavy atom. The van der Waals surface area contributed by atoms with Gasteiger partial charge in [0.15, 0.2) is 0 Å². The molecular weight excluding hydrogens is 274 g/mol. The van der Waals surface area contributed by atoms with Gasteiger partial charge in [-0.1, -0.05) is 39.0 Å². The minimum Gasteiger partial charge on any atom is -0.312 e. The van der Waals surface area contributed by atoms with Gasteiger partial charge in [0.1, 0.15) is 0 Å². The molecule has 0 spiro atoms. The van der Waals surface area contributed by atoms with Crippen molar-refractivity contribution in [3.8, 4) is 0 Å². The van der Waals surface area contributed by atoms with Gasteiger partial charge in [-0.05, 0) is 62.6 Å². The molecule has 21 heavy (non-hydrogen) atoms. The van der Waals surface area contributed by atoms with E-state index < -0.39 is 0 Å². The van der Waals surface area contributed by atoms with Gasteiger partial charge in [-0.15, -0.1) is 11.8 Å². The number of nitrogens with one attached hydrogen (secondary N) is 1. The SMILES string of the molecule is CC(C)(C)NCC(CC1CSc2ccccc21)C(C)(C)C. The highest BCUT2D eigenvalue weighted by Gasteiger charge is 2.31. The number of hydrogen-bond acceptors (Lipinski definition) is 2. The van der Waals surface area contributed by atoms with Crippen molar-refractivity contribution in [1.82, 2.24) is 5.32 Å². The van der Waals surface area contributed by atoms with Crippen LogP contribution in [0.25, 0.3) is 0 Å². The van der Waals surface area contributed by atoms with Gasteiger partial charge >= 0.3 is 0 Å². The molecular formula is C19H31NS. The predicted molar refractivity (Wildman–Crippen MR) is 95.2 cm³/mol. The van der Waals surface area contributed by atoms with Crippen LogP contribution in [0.15, 0.2) is 29.2 Å². The zero-order valence-corrected chi connectivity index (χ0v) is 15.3. The Kier molecular flexibility index (Phi) is 5.10. The fourth-order valence-corrected chi connectivity index (χ4v) is 4.21. The first-order valence-corrected chi connectivity index (χ1v) is 9.12. The van der Waals surface area contributed by atoms with Crippen molar-refractivity contribution in [2.24, 2.45) is 11.3 Å². The molecule has 1 aromatic carbocycles. The molecule has 2 rings (SSSR count). The zero-order valence-electron chi connectivity index (χ0n) is 14.5. The summed E-state index contributed by atoms with van der Waals surface area (Å²) < 4.78 is 0. The Balaban J connectivity index is 2.06. The van der Waals surface area contributed by atoms with Gasteiger partial charge in [0.25, 0.3) is 0 Å². The average Bonchev–Trinajstić information content (AvgIpc) is 2.75. The van der Waals surface area contributed by atoms with E-state index in [1.807, 2.05) is 11.8 Å². The number of rotatable bonds is 4. The lowest BCUT2D eigenvalue weighted by Crippen LogP contribution is -2.42. The van der Waals surface area contributed by atoms with E-state index >= 15 is 0 Å². The van der Waals surface area contributed by atoms with Crippen molar-refractivity contribution in [3.63, 3.8) is 0 Å². The average molecular weight is 306 g/mol. The van der Waals surface area contributed by atoms with Crippen LogP contribution in [-0.4, -0.2) is 17.8 Å². The molecule has 1 nitrogen and oxygen atoms in total. The summed E-state index contributed by atoms with van der Waals surface area (Å²) in [5.41, 5.74) is 2.12. The quantitative estimate of drug-likeness (QED) is 0.808. The van der Waals surface area contributed by atoms with Crippen molar-refractivity contribution >= 4 is 11.8 Å². The fraction of sp³-hybridized carbons (Fsp3) is 0.684. The molecule has 2 unspecified atom stereocenters. The minimum atomic E-state index is 0.200. The molecule has 1 heterocycles. The molecule has 2 atom stereocenters. The lowest BCUT2D eigenvalue weighted by atomic mass is 9.74. The van der Waals surface area contributed by atoms with Crippen molar-refractivity contribution in [2.45, 2.75) is 64.3 Å². The number of benzene rings is 1. The Labute approximate surface area is 135 Å². The lowest BCUT2D eigenvalue weighted by Gasteiger charge is -2.35. The van der Waals surface area contributed by atoms with Crippen LogP contribution >= 0.6 is 11.8 Å². The number of hydrogen-bond donors (Lipinski definition) is 1. The summed E-state index contributed by atoms with van der Waals surface area (Å²) in [4.78, 5) is 1.50. The van der Waals surface area contributed by atoms with E-state index in [-0.39, 0.29) is 5.54 Å². The molecule has 0 saturated carbocycles. The van der Waals surface area contributed by atoms with Gasteiger partial charge in [-0.3, -0.25) is 0 Å². The topological polar surface area (TPSA) is 12.0 Å².